The van der Waals surface area contributed by atoms with E-state index in [0.29, 0.717) is 128 Å². The Labute approximate surface area is 825 Å². The molecule has 4 aliphatic heterocycles. The first-order chi connectivity index (χ1) is 67.4. The van der Waals surface area contributed by atoms with Crippen LogP contribution in [0.2, 0.25) is 10.0 Å². The lowest BCUT2D eigenvalue weighted by Crippen LogP contribution is -2.47. The molecule has 20 rings (SSSR count). The third-order valence-corrected chi connectivity index (χ3v) is 35.7. The summed E-state index contributed by atoms with van der Waals surface area (Å²) in [4.78, 5) is 22.1. The Morgan fingerprint density at radius 3 is 1.10 bits per heavy atom. The zero-order valence-electron chi connectivity index (χ0n) is 74.8. The van der Waals surface area contributed by atoms with Gasteiger partial charge in [-0.3, -0.25) is 56.0 Å². The van der Waals surface area contributed by atoms with E-state index in [1.807, 2.05) is 141 Å². The number of rotatable bonds is 20. The Balaban J connectivity index is 0.000000130. The SMILES string of the molecule is Cc1ccc(NS(=O)(=O)c2ccc(N3CCCNS3(=O)=O)cc2)cc1-c1ccc2ncccc2n1.Cc1ccc(NS(=O)(=O)c2ccc(N3CCCNS3(=O)=O)cc2)cc1-c1nccc2ccccc12.O=S(=O)(Nc1ccc(Cl)c(-c2nccc3ccccc23)c1)c1ccc(N2CCCNS2(=O)=O)cc1Cl.O=S(=O)(Nc1ccc(F)c(-c2nccc3ccccc23)c1)c1ccc(N2CCCNS2(=O)=O)cc1. The van der Waals surface area contributed by atoms with E-state index in [1.54, 1.807) is 67.3 Å². The molecule has 0 aliphatic carbocycles. The normalized spacial score (nSPS) is 15.7. The molecule has 0 atom stereocenters. The molecular formula is C97H88Cl2FN17O16S8. The van der Waals surface area contributed by atoms with Crippen molar-refractivity contribution in [2.75, 3.05) is 88.5 Å². The zero-order chi connectivity index (χ0) is 99.4. The molecule has 0 radical (unpaired) electrons. The van der Waals surface area contributed by atoms with Gasteiger partial charge in [0.2, 0.25) is 0 Å². The molecule has 44 heteroatoms. The van der Waals surface area contributed by atoms with Crippen LogP contribution in [0, 0.1) is 19.7 Å². The topological polar surface area (TPSA) is 447 Å². The highest BCUT2D eigenvalue weighted by molar-refractivity contribution is 7.94. The molecule has 4 fully saturated rings. The van der Waals surface area contributed by atoms with Crippen molar-refractivity contribution in [3.8, 4) is 45.0 Å². The molecule has 8 N–H and O–H groups in total. The van der Waals surface area contributed by atoms with Gasteiger partial charge in [0.05, 0.1) is 81.3 Å². The summed E-state index contributed by atoms with van der Waals surface area (Å²) in [7, 11) is -30.5. The third kappa shape index (κ3) is 22.3. The summed E-state index contributed by atoms with van der Waals surface area (Å²) in [5, 5.41) is 5.82. The van der Waals surface area contributed by atoms with E-state index in [0.717, 1.165) is 75.6 Å². The molecule has 4 saturated heterocycles. The van der Waals surface area contributed by atoms with Gasteiger partial charge >= 0.3 is 40.8 Å². The number of aromatic nitrogens is 5. The van der Waals surface area contributed by atoms with Crippen molar-refractivity contribution in [3.05, 3.63) is 331 Å². The number of nitrogens with zero attached hydrogens (tertiary/aromatic N) is 9. The maximum atomic E-state index is 14.7. The maximum absolute atomic E-state index is 14.7. The Morgan fingerprint density at radius 2 is 0.674 bits per heavy atom. The van der Waals surface area contributed by atoms with Crippen molar-refractivity contribution in [2.24, 2.45) is 0 Å². The smallest absolute Gasteiger partial charge is 0.280 e. The van der Waals surface area contributed by atoms with Gasteiger partial charge in [-0.2, -0.15) is 52.6 Å². The second-order valence-electron chi connectivity index (χ2n) is 32.6. The summed E-state index contributed by atoms with van der Waals surface area (Å²) >= 11 is 12.8. The number of anilines is 8. The van der Waals surface area contributed by atoms with Crippen molar-refractivity contribution in [3.63, 3.8) is 0 Å². The minimum absolute atomic E-state index is 0.0284. The van der Waals surface area contributed by atoms with Crippen LogP contribution in [-0.2, 0) is 80.9 Å². The molecule has 4 aliphatic rings. The maximum Gasteiger partial charge on any atom is 0.301 e. The standard InChI is InChI=1S/C25H24N4O4S2.C24H20Cl2N4O4S2.C24H21FN4O4S2.C24H23N5O4S2/c1-18-7-8-20(17-24(18)25-23-6-3-2-5-19(23)13-15-26-25)28-34(30,31)22-11-9-21(10-12-22)29-16-4-14-27-35(29,32)33;25-21-8-6-17(14-20(21)24-19-5-2-1-4-16(19)10-12-27-24)29-35(31,32)23-9-7-18(15-22(23)26)30-13-3-11-28-36(30,33)34;25-23-11-6-18(16-22(23)24-21-5-2-1-4-17(21)12-14-26-24)28-34(30,31)20-9-7-19(8-10-20)29-15-3-13-27-35(29,32)33;1-17-5-6-18(16-21(17)22-11-12-23-24(27-22)4-2-13-25-23)28-34(30,31)20-9-7-19(8-10-20)29-15-3-14-26-35(29,32)33/h2-3,5-13,15,17,27-28H,4,14,16H2,1H3;1-2,4-10,12,14-15,28-29H,3,11,13H2;1-2,4-12,14,16,27-28H,3,13,15H2;2,4-13,16,26,28H,3,14-15H2,1H3. The Kier molecular flexibility index (Phi) is 28.8. The number of nitrogens with one attached hydrogen (secondary N) is 8. The first-order valence-electron chi connectivity index (χ1n) is 43.7. The molecule has 0 amide bonds. The number of hydrogen-bond donors (Lipinski definition) is 8. The van der Waals surface area contributed by atoms with Crippen molar-refractivity contribution in [2.45, 2.75) is 59.1 Å². The predicted octanol–water partition coefficient (Wildman–Crippen LogP) is 16.4. The summed E-state index contributed by atoms with van der Waals surface area (Å²) in [6, 6.07) is 76.6. The molecule has 726 valence electrons. The fourth-order valence-electron chi connectivity index (χ4n) is 16.2. The van der Waals surface area contributed by atoms with Crippen molar-refractivity contribution in [1.82, 2.24) is 43.8 Å². The molecule has 33 nitrogen and oxygen atoms in total. The van der Waals surface area contributed by atoms with E-state index in [-0.39, 0.29) is 53.8 Å². The summed E-state index contributed by atoms with van der Waals surface area (Å²) in [5.41, 5.74) is 11.0. The molecule has 16 aromatic rings. The number of pyridine rings is 5. The highest BCUT2D eigenvalue weighted by Crippen LogP contribution is 2.40. The highest BCUT2D eigenvalue weighted by Gasteiger charge is 2.33. The fourth-order valence-corrected chi connectivity index (χ4v) is 26.4. The van der Waals surface area contributed by atoms with E-state index in [4.69, 9.17) is 23.2 Å². The van der Waals surface area contributed by atoms with Gasteiger partial charge in [0.15, 0.2) is 0 Å². The van der Waals surface area contributed by atoms with Crippen molar-refractivity contribution < 1.29 is 71.7 Å². The van der Waals surface area contributed by atoms with Crippen LogP contribution in [0.25, 0.3) is 88.4 Å². The molecule has 9 heterocycles. The number of hydrogen-bond acceptors (Lipinski definition) is 21. The zero-order valence-corrected chi connectivity index (χ0v) is 82.9. The van der Waals surface area contributed by atoms with Gasteiger partial charge in [-0.1, -0.05) is 108 Å². The quantitative estimate of drug-likeness (QED) is 0.0351. The van der Waals surface area contributed by atoms with Gasteiger partial charge in [0, 0.05) is 138 Å². The predicted molar refractivity (Wildman–Crippen MR) is 551 cm³/mol. The van der Waals surface area contributed by atoms with Crippen LogP contribution in [0.5, 0.6) is 0 Å². The number of benzene rings is 11. The molecular weight excluding hydrogens is 2010 g/mol. The number of fused-ring (bicyclic) bond motifs is 4. The summed E-state index contributed by atoms with van der Waals surface area (Å²) in [6.07, 6.45) is 9.29. The third-order valence-electron chi connectivity index (χ3n) is 23.2. The Hall–Kier alpha value is -13.4. The lowest BCUT2D eigenvalue weighted by atomic mass is 10.00. The van der Waals surface area contributed by atoms with E-state index in [2.05, 4.69) is 62.7 Å². The fraction of sp³-hybridized carbons (Fsp3) is 0.144. The van der Waals surface area contributed by atoms with Gasteiger partial charge in [-0.25, -0.2) is 43.0 Å². The first kappa shape index (κ1) is 99.1. The molecule has 141 heavy (non-hydrogen) atoms. The molecule has 0 unspecified atom stereocenters. The highest BCUT2D eigenvalue weighted by atomic mass is 35.5. The van der Waals surface area contributed by atoms with E-state index in [1.165, 1.54) is 122 Å². The molecule has 0 spiro atoms. The van der Waals surface area contributed by atoms with Crippen LogP contribution in [-0.4, -0.2) is 145 Å². The number of aryl methyl sites for hydroxylation is 2. The van der Waals surface area contributed by atoms with Crippen molar-refractivity contribution >= 4 is 193 Å². The summed E-state index contributed by atoms with van der Waals surface area (Å²) < 4.78 is 242. The number of halogens is 3. The summed E-state index contributed by atoms with van der Waals surface area (Å²) in [5.74, 6) is -0.530. The monoisotopic (exact) mass is 2090 g/mol. The van der Waals surface area contributed by atoms with Crippen LogP contribution >= 0.6 is 23.2 Å². The average Bonchev–Trinajstić information content (AvgIpc) is 0.791. The first-order valence-corrected chi connectivity index (χ1v) is 56.2. The van der Waals surface area contributed by atoms with E-state index >= 15 is 0 Å². The lowest BCUT2D eigenvalue weighted by Gasteiger charge is -2.28. The van der Waals surface area contributed by atoms with Crippen LogP contribution < -0.4 is 55.0 Å². The average molecular weight is 2090 g/mol. The Bertz CT molecular complexity index is 8280. The second-order valence-corrected chi connectivity index (χ2v) is 46.9. The molecule has 0 bridgehead atoms. The molecule has 11 aromatic carbocycles. The van der Waals surface area contributed by atoms with Gasteiger partial charge in [0.1, 0.15) is 10.7 Å². The summed E-state index contributed by atoms with van der Waals surface area (Å²) in [6.45, 7) is 6.64. The van der Waals surface area contributed by atoms with E-state index in [9.17, 15) is 71.7 Å². The van der Waals surface area contributed by atoms with Gasteiger partial charge in [-0.05, 0) is 261 Å². The molecule has 5 aromatic heterocycles. The number of sulfonamides is 4. The minimum atomic E-state index is -4.10. The van der Waals surface area contributed by atoms with E-state index < -0.39 is 86.7 Å². The van der Waals surface area contributed by atoms with Crippen LogP contribution in [0.4, 0.5) is 49.9 Å². The van der Waals surface area contributed by atoms with Gasteiger partial charge < -0.3 is 0 Å². The molecule has 0 saturated carbocycles. The lowest BCUT2D eigenvalue weighted by molar-refractivity contribution is 0.558. The Morgan fingerprint density at radius 1 is 0.319 bits per heavy atom. The second kappa shape index (κ2) is 41.0. The van der Waals surface area contributed by atoms with Gasteiger partial charge in [-0.15, -0.1) is 0 Å². The van der Waals surface area contributed by atoms with Crippen LogP contribution in [0.3, 0.4) is 0 Å². The minimum Gasteiger partial charge on any atom is -0.280 e. The van der Waals surface area contributed by atoms with Crippen molar-refractivity contribution in [1.29, 1.82) is 0 Å². The van der Waals surface area contributed by atoms with Gasteiger partial charge in [0.25, 0.3) is 40.1 Å². The largest absolute Gasteiger partial charge is 0.301 e. The van der Waals surface area contributed by atoms with Crippen LogP contribution in [0.15, 0.2) is 323 Å². The van der Waals surface area contributed by atoms with Crippen LogP contribution in [0.1, 0.15) is 36.8 Å².